The number of fused-ring (bicyclic) bond motifs is 2. The number of furan rings is 1. The van der Waals surface area contributed by atoms with Crippen molar-refractivity contribution in [1.29, 1.82) is 0 Å². The van der Waals surface area contributed by atoms with Gasteiger partial charge in [0.1, 0.15) is 5.58 Å². The van der Waals surface area contributed by atoms with Crippen LogP contribution in [0, 0.1) is 0 Å². The van der Waals surface area contributed by atoms with Crippen LogP contribution in [0.4, 0.5) is 11.4 Å². The molecule has 0 atom stereocenters. The van der Waals surface area contributed by atoms with E-state index in [-0.39, 0.29) is 22.0 Å². The second-order valence-corrected chi connectivity index (χ2v) is 7.47. The summed E-state index contributed by atoms with van der Waals surface area (Å²) in [6.07, 6.45) is 0. The van der Waals surface area contributed by atoms with Gasteiger partial charge >= 0.3 is 0 Å². The van der Waals surface area contributed by atoms with Crippen LogP contribution in [-0.2, 0) is 0 Å². The van der Waals surface area contributed by atoms with Gasteiger partial charge in [-0.15, -0.1) is 0 Å². The van der Waals surface area contributed by atoms with Gasteiger partial charge in [0.25, 0.3) is 17.7 Å². The molecule has 0 spiro atoms. The number of benzene rings is 3. The van der Waals surface area contributed by atoms with E-state index < -0.39 is 17.7 Å². The fourth-order valence-electron chi connectivity index (χ4n) is 3.61. The maximum absolute atomic E-state index is 13.1. The van der Waals surface area contributed by atoms with Crippen LogP contribution in [0.2, 0.25) is 0 Å². The Morgan fingerprint density at radius 3 is 2.41 bits per heavy atom. The minimum absolute atomic E-state index is 0.0257. The Morgan fingerprint density at radius 1 is 0.875 bits per heavy atom. The molecule has 2 N–H and O–H groups in total. The van der Waals surface area contributed by atoms with E-state index in [4.69, 9.17) is 16.6 Å². The molecule has 5 rings (SSSR count). The SMILES string of the molecule is O=C(NC(=S)Nc1cccc2c1C(=O)N(c1ccccc1)C2=O)c1cc2ccccc2o1. The molecule has 0 unspecified atom stereocenters. The van der Waals surface area contributed by atoms with Crippen molar-refractivity contribution < 1.29 is 18.8 Å². The van der Waals surface area contributed by atoms with E-state index in [0.29, 0.717) is 17.0 Å². The van der Waals surface area contributed by atoms with Crippen LogP contribution in [0.3, 0.4) is 0 Å². The molecule has 32 heavy (non-hydrogen) atoms. The average molecular weight is 441 g/mol. The van der Waals surface area contributed by atoms with Gasteiger partial charge in [-0.2, -0.15) is 0 Å². The number of nitrogens with one attached hydrogen (secondary N) is 2. The molecule has 1 aromatic heterocycles. The number of hydrogen-bond donors (Lipinski definition) is 2. The number of amides is 3. The maximum Gasteiger partial charge on any atom is 0.293 e. The van der Waals surface area contributed by atoms with Gasteiger partial charge < -0.3 is 9.73 Å². The first-order chi connectivity index (χ1) is 15.5. The van der Waals surface area contributed by atoms with Crippen LogP contribution < -0.4 is 15.5 Å². The highest BCUT2D eigenvalue weighted by Crippen LogP contribution is 2.32. The normalized spacial score (nSPS) is 12.7. The number of rotatable bonds is 3. The molecule has 156 valence electrons. The molecule has 0 radical (unpaired) electrons. The van der Waals surface area contributed by atoms with E-state index in [0.717, 1.165) is 10.3 Å². The number of carbonyl (C=O) groups excluding carboxylic acids is 3. The van der Waals surface area contributed by atoms with Crippen molar-refractivity contribution in [1.82, 2.24) is 5.32 Å². The zero-order chi connectivity index (χ0) is 22.2. The lowest BCUT2D eigenvalue weighted by molar-refractivity contribution is 0.0923. The molecule has 7 nitrogen and oxygen atoms in total. The highest BCUT2D eigenvalue weighted by molar-refractivity contribution is 7.80. The zero-order valence-corrected chi connectivity index (χ0v) is 17.3. The predicted molar refractivity (Wildman–Crippen MR) is 124 cm³/mol. The number of anilines is 2. The summed E-state index contributed by atoms with van der Waals surface area (Å²) in [7, 11) is 0. The van der Waals surface area contributed by atoms with Crippen molar-refractivity contribution in [2.24, 2.45) is 0 Å². The molecule has 0 aliphatic carbocycles. The molecule has 2 heterocycles. The summed E-state index contributed by atoms with van der Waals surface area (Å²) in [4.78, 5) is 39.6. The third kappa shape index (κ3) is 3.32. The summed E-state index contributed by atoms with van der Waals surface area (Å²) in [5.41, 5.74) is 1.85. The van der Waals surface area contributed by atoms with E-state index in [1.54, 1.807) is 60.7 Å². The molecule has 3 aromatic carbocycles. The predicted octanol–water partition coefficient (Wildman–Crippen LogP) is 4.36. The second kappa shape index (κ2) is 7.75. The van der Waals surface area contributed by atoms with Gasteiger partial charge in [0, 0.05) is 5.39 Å². The number of thiocarbonyl (C=S) groups is 1. The van der Waals surface area contributed by atoms with Gasteiger partial charge in [-0.05, 0) is 48.6 Å². The topological polar surface area (TPSA) is 91.7 Å². The first-order valence-corrected chi connectivity index (χ1v) is 10.1. The number of hydrogen-bond acceptors (Lipinski definition) is 5. The van der Waals surface area contributed by atoms with Crippen molar-refractivity contribution in [3.63, 3.8) is 0 Å². The number of nitrogens with zero attached hydrogens (tertiary/aromatic N) is 1. The van der Waals surface area contributed by atoms with Crippen LogP contribution in [0.15, 0.2) is 83.3 Å². The number of carbonyl (C=O) groups is 3. The highest BCUT2D eigenvalue weighted by Gasteiger charge is 2.38. The average Bonchev–Trinajstić information content (AvgIpc) is 3.34. The Kier molecular flexibility index (Phi) is 4.76. The number of para-hydroxylation sites is 2. The standard InChI is InChI=1S/C24H15N3O4S/c28-21(19-13-14-7-4-5-12-18(14)31-19)26-24(32)25-17-11-6-10-16-20(17)23(30)27(22(16)29)15-8-2-1-3-9-15/h1-13H,(H2,25,26,28,32). The molecule has 1 aliphatic heterocycles. The maximum atomic E-state index is 13.1. The van der Waals surface area contributed by atoms with E-state index in [1.165, 1.54) is 0 Å². The summed E-state index contributed by atoms with van der Waals surface area (Å²) < 4.78 is 5.54. The molecule has 1 aliphatic rings. The van der Waals surface area contributed by atoms with Crippen molar-refractivity contribution in [3.05, 3.63) is 95.7 Å². The van der Waals surface area contributed by atoms with Crippen molar-refractivity contribution in [2.75, 3.05) is 10.2 Å². The second-order valence-electron chi connectivity index (χ2n) is 7.07. The minimum atomic E-state index is -0.528. The zero-order valence-electron chi connectivity index (χ0n) is 16.5. The summed E-state index contributed by atoms with van der Waals surface area (Å²) >= 11 is 5.26. The third-order valence-electron chi connectivity index (χ3n) is 5.05. The van der Waals surface area contributed by atoms with E-state index in [1.807, 2.05) is 18.2 Å². The largest absolute Gasteiger partial charge is 0.451 e. The minimum Gasteiger partial charge on any atom is -0.451 e. The fourth-order valence-corrected chi connectivity index (χ4v) is 3.82. The molecule has 3 amide bonds. The quantitative estimate of drug-likeness (QED) is 0.363. The molecule has 0 bridgehead atoms. The number of imide groups is 1. The smallest absolute Gasteiger partial charge is 0.293 e. The van der Waals surface area contributed by atoms with Gasteiger partial charge in [0.05, 0.1) is 22.5 Å². The van der Waals surface area contributed by atoms with Crippen molar-refractivity contribution in [2.45, 2.75) is 0 Å². The summed E-state index contributed by atoms with van der Waals surface area (Å²) in [5, 5.41) is 6.17. The van der Waals surface area contributed by atoms with Gasteiger partial charge in [-0.25, -0.2) is 4.90 Å². The van der Waals surface area contributed by atoms with Crippen molar-refractivity contribution >= 4 is 57.4 Å². The highest BCUT2D eigenvalue weighted by atomic mass is 32.1. The molecule has 0 fully saturated rings. The third-order valence-corrected chi connectivity index (χ3v) is 5.26. The Morgan fingerprint density at radius 2 is 1.62 bits per heavy atom. The van der Waals surface area contributed by atoms with Crippen molar-refractivity contribution in [3.8, 4) is 0 Å². The Balaban J connectivity index is 1.37. The monoisotopic (exact) mass is 441 g/mol. The lowest BCUT2D eigenvalue weighted by Gasteiger charge is -2.14. The molecule has 4 aromatic rings. The first-order valence-electron chi connectivity index (χ1n) is 9.70. The van der Waals surface area contributed by atoms with Gasteiger partial charge in [-0.1, -0.05) is 42.5 Å². The Hall–Kier alpha value is -4.30. The first kappa shape index (κ1) is 19.7. The van der Waals surface area contributed by atoms with Crippen LogP contribution in [0.25, 0.3) is 11.0 Å². The molecule has 8 heteroatoms. The van der Waals surface area contributed by atoms with E-state index >= 15 is 0 Å². The molecular weight excluding hydrogens is 426 g/mol. The lowest BCUT2D eigenvalue weighted by Crippen LogP contribution is -2.34. The van der Waals surface area contributed by atoms with Crippen LogP contribution in [0.1, 0.15) is 31.3 Å². The van der Waals surface area contributed by atoms with Gasteiger partial charge in [0.15, 0.2) is 10.9 Å². The lowest BCUT2D eigenvalue weighted by atomic mass is 10.1. The Labute approximate surface area is 187 Å². The van der Waals surface area contributed by atoms with Gasteiger partial charge in [0.2, 0.25) is 0 Å². The summed E-state index contributed by atoms with van der Waals surface area (Å²) in [5.74, 6) is -1.31. The van der Waals surface area contributed by atoms with Crippen LogP contribution >= 0.6 is 12.2 Å². The fraction of sp³-hybridized carbons (Fsp3) is 0. The summed E-state index contributed by atoms with van der Waals surface area (Å²) in [6.45, 7) is 0. The van der Waals surface area contributed by atoms with Crippen LogP contribution in [-0.4, -0.2) is 22.8 Å². The Bertz CT molecular complexity index is 1380. The molecular formula is C24H15N3O4S. The summed E-state index contributed by atoms with van der Waals surface area (Å²) in [6, 6.07) is 22.4. The van der Waals surface area contributed by atoms with E-state index in [9.17, 15) is 14.4 Å². The van der Waals surface area contributed by atoms with Gasteiger partial charge in [-0.3, -0.25) is 19.7 Å². The molecule has 0 saturated heterocycles. The van der Waals surface area contributed by atoms with E-state index in [2.05, 4.69) is 10.6 Å². The molecule has 0 saturated carbocycles. The van der Waals surface area contributed by atoms with Crippen LogP contribution in [0.5, 0.6) is 0 Å².